The van der Waals surface area contributed by atoms with Gasteiger partial charge >= 0.3 is 5.97 Å². The molecule has 0 radical (unpaired) electrons. The number of Topliss-reactive ketones (excluding diaryl/α,β-unsaturated/α-hetero) is 1. The van der Waals surface area contributed by atoms with Gasteiger partial charge in [0.25, 0.3) is 5.69 Å². The van der Waals surface area contributed by atoms with E-state index >= 15 is 0 Å². The Labute approximate surface area is 115 Å². The predicted molar refractivity (Wildman–Crippen MR) is 69.8 cm³/mol. The summed E-state index contributed by atoms with van der Waals surface area (Å²) in [4.78, 5) is 31.9. The fourth-order valence-corrected chi connectivity index (χ4v) is 1.55. The van der Waals surface area contributed by atoms with Crippen molar-refractivity contribution in [2.24, 2.45) is 0 Å². The van der Waals surface area contributed by atoms with Crippen LogP contribution >= 0.6 is 0 Å². The molecule has 108 valence electrons. The third-order valence-corrected chi connectivity index (χ3v) is 2.60. The highest BCUT2D eigenvalue weighted by Crippen LogP contribution is 2.25. The van der Waals surface area contributed by atoms with E-state index in [0.717, 1.165) is 12.8 Å². The van der Waals surface area contributed by atoms with Gasteiger partial charge in [-0.05, 0) is 18.6 Å². The highest BCUT2D eigenvalue weighted by Gasteiger charge is 2.20. The summed E-state index contributed by atoms with van der Waals surface area (Å²) in [5.41, 5.74) is -0.251. The summed E-state index contributed by atoms with van der Waals surface area (Å²) < 4.78 is 5.38. The summed E-state index contributed by atoms with van der Waals surface area (Å²) in [6.45, 7) is 2.46. The molecule has 1 rings (SSSR count). The van der Waals surface area contributed by atoms with E-state index in [9.17, 15) is 19.7 Å². The molecule has 0 aliphatic carbocycles. The Balaban J connectivity index is 2.96. The van der Waals surface area contributed by atoms with Crippen LogP contribution in [0.4, 0.5) is 5.69 Å². The van der Waals surface area contributed by atoms with Crippen LogP contribution < -0.4 is 4.74 Å². The monoisotopic (exact) mass is 281 g/mol. The number of nitro benzene ring substituents is 1. The summed E-state index contributed by atoms with van der Waals surface area (Å²) in [5.74, 6) is -2.33. The van der Waals surface area contributed by atoms with Crippen molar-refractivity contribution in [2.45, 2.75) is 26.2 Å². The SMILES string of the molecule is CCCCOc1ccc([N+](=O)[O-])c(CC(=O)C(=O)O)c1. The van der Waals surface area contributed by atoms with Gasteiger partial charge in [-0.1, -0.05) is 13.3 Å². The highest BCUT2D eigenvalue weighted by atomic mass is 16.6. The van der Waals surface area contributed by atoms with E-state index < -0.39 is 23.1 Å². The minimum Gasteiger partial charge on any atom is -0.494 e. The van der Waals surface area contributed by atoms with Crippen LogP contribution in [0, 0.1) is 10.1 Å². The Bertz CT molecular complexity index is 526. The average Bonchev–Trinajstić information content (AvgIpc) is 2.38. The van der Waals surface area contributed by atoms with Gasteiger partial charge in [0.2, 0.25) is 5.78 Å². The lowest BCUT2D eigenvalue weighted by atomic mass is 10.1. The number of carbonyl (C=O) groups is 2. The van der Waals surface area contributed by atoms with Crippen LogP contribution in [0.25, 0.3) is 0 Å². The Morgan fingerprint density at radius 2 is 2.10 bits per heavy atom. The topological polar surface area (TPSA) is 107 Å². The molecule has 1 N–H and O–H groups in total. The number of ether oxygens (including phenoxy) is 1. The van der Waals surface area contributed by atoms with Crippen LogP contribution in [0.5, 0.6) is 5.75 Å². The van der Waals surface area contributed by atoms with Gasteiger partial charge in [-0.2, -0.15) is 0 Å². The molecule has 0 aliphatic rings. The molecular weight excluding hydrogens is 266 g/mol. The van der Waals surface area contributed by atoms with Gasteiger partial charge in [0.1, 0.15) is 5.75 Å². The van der Waals surface area contributed by atoms with Gasteiger partial charge in [0.15, 0.2) is 0 Å². The van der Waals surface area contributed by atoms with Crippen LogP contribution in [-0.2, 0) is 16.0 Å². The highest BCUT2D eigenvalue weighted by molar-refractivity contribution is 6.33. The molecule has 0 amide bonds. The number of benzene rings is 1. The van der Waals surface area contributed by atoms with Gasteiger partial charge in [-0.15, -0.1) is 0 Å². The van der Waals surface area contributed by atoms with E-state index in [2.05, 4.69) is 0 Å². The predicted octanol–water partition coefficient (Wildman–Crippen LogP) is 1.97. The number of carboxylic acid groups (broad SMARTS) is 1. The summed E-state index contributed by atoms with van der Waals surface area (Å²) in [6.07, 6.45) is 1.24. The van der Waals surface area contributed by atoms with E-state index in [0.29, 0.717) is 12.4 Å². The minimum absolute atomic E-state index is 0.0383. The van der Waals surface area contributed by atoms with Crippen molar-refractivity contribution in [3.8, 4) is 5.75 Å². The molecule has 0 unspecified atom stereocenters. The van der Waals surface area contributed by atoms with Gasteiger partial charge in [0, 0.05) is 18.1 Å². The zero-order valence-electron chi connectivity index (χ0n) is 11.0. The second-order valence-electron chi connectivity index (χ2n) is 4.15. The van der Waals surface area contributed by atoms with Crippen molar-refractivity contribution in [1.29, 1.82) is 0 Å². The van der Waals surface area contributed by atoms with E-state index in [4.69, 9.17) is 9.84 Å². The van der Waals surface area contributed by atoms with Crippen molar-refractivity contribution < 1.29 is 24.4 Å². The van der Waals surface area contributed by atoms with Crippen LogP contribution in [0.1, 0.15) is 25.3 Å². The first kappa shape index (κ1) is 15.6. The quantitative estimate of drug-likeness (QED) is 0.338. The Morgan fingerprint density at radius 1 is 1.40 bits per heavy atom. The maximum atomic E-state index is 11.2. The molecule has 0 heterocycles. The van der Waals surface area contributed by atoms with Crippen LogP contribution in [0.2, 0.25) is 0 Å². The number of nitro groups is 1. The Morgan fingerprint density at radius 3 is 2.65 bits per heavy atom. The lowest BCUT2D eigenvalue weighted by Gasteiger charge is -2.07. The number of rotatable bonds is 8. The molecule has 0 atom stereocenters. The fourth-order valence-electron chi connectivity index (χ4n) is 1.55. The normalized spacial score (nSPS) is 10.1. The Hall–Kier alpha value is -2.44. The number of hydrogen-bond donors (Lipinski definition) is 1. The maximum absolute atomic E-state index is 11.2. The van der Waals surface area contributed by atoms with Crippen molar-refractivity contribution in [3.63, 3.8) is 0 Å². The number of nitrogens with zero attached hydrogens (tertiary/aromatic N) is 1. The third kappa shape index (κ3) is 4.34. The van der Waals surface area contributed by atoms with Crippen LogP contribution in [-0.4, -0.2) is 28.4 Å². The van der Waals surface area contributed by atoms with Crippen molar-refractivity contribution in [3.05, 3.63) is 33.9 Å². The molecule has 0 spiro atoms. The summed E-state index contributed by atoms with van der Waals surface area (Å²) in [5, 5.41) is 19.4. The second-order valence-corrected chi connectivity index (χ2v) is 4.15. The van der Waals surface area contributed by atoms with E-state index in [1.54, 1.807) is 0 Å². The zero-order chi connectivity index (χ0) is 15.1. The second kappa shape index (κ2) is 7.22. The lowest BCUT2D eigenvalue weighted by Crippen LogP contribution is -2.16. The van der Waals surface area contributed by atoms with Crippen molar-refractivity contribution in [2.75, 3.05) is 6.61 Å². The van der Waals surface area contributed by atoms with Gasteiger partial charge in [0.05, 0.1) is 11.5 Å². The molecule has 0 bridgehead atoms. The summed E-state index contributed by atoms with van der Waals surface area (Å²) in [7, 11) is 0. The number of ketones is 1. The van der Waals surface area contributed by atoms with Gasteiger partial charge in [-0.3, -0.25) is 14.9 Å². The minimum atomic E-state index is -1.61. The largest absolute Gasteiger partial charge is 0.494 e. The first-order valence-corrected chi connectivity index (χ1v) is 6.12. The molecule has 0 aliphatic heterocycles. The maximum Gasteiger partial charge on any atom is 0.372 e. The molecule has 1 aromatic carbocycles. The molecular formula is C13H15NO6. The number of hydrogen-bond acceptors (Lipinski definition) is 5. The van der Waals surface area contributed by atoms with E-state index in [1.807, 2.05) is 6.92 Å². The number of unbranched alkanes of at least 4 members (excludes halogenated alkanes) is 1. The number of carbonyl (C=O) groups excluding carboxylic acids is 1. The Kier molecular flexibility index (Phi) is 5.64. The smallest absolute Gasteiger partial charge is 0.372 e. The molecule has 0 saturated heterocycles. The van der Waals surface area contributed by atoms with E-state index in [-0.39, 0.29) is 11.3 Å². The first-order valence-electron chi connectivity index (χ1n) is 6.12. The zero-order valence-corrected chi connectivity index (χ0v) is 11.0. The number of carboxylic acids is 1. The summed E-state index contributed by atoms with van der Waals surface area (Å²) in [6, 6.07) is 3.99. The molecule has 7 heteroatoms. The average molecular weight is 281 g/mol. The van der Waals surface area contributed by atoms with Crippen LogP contribution in [0.15, 0.2) is 18.2 Å². The van der Waals surface area contributed by atoms with Crippen LogP contribution in [0.3, 0.4) is 0 Å². The molecule has 0 saturated carbocycles. The van der Waals surface area contributed by atoms with Crippen molar-refractivity contribution >= 4 is 17.4 Å². The molecule has 1 aromatic rings. The molecule has 20 heavy (non-hydrogen) atoms. The van der Waals surface area contributed by atoms with E-state index in [1.165, 1.54) is 18.2 Å². The molecule has 0 aromatic heterocycles. The number of aliphatic carboxylic acids is 1. The van der Waals surface area contributed by atoms with Gasteiger partial charge < -0.3 is 9.84 Å². The van der Waals surface area contributed by atoms with Crippen molar-refractivity contribution in [1.82, 2.24) is 0 Å². The first-order chi connectivity index (χ1) is 9.45. The summed E-state index contributed by atoms with van der Waals surface area (Å²) >= 11 is 0. The molecule has 0 fully saturated rings. The fraction of sp³-hybridized carbons (Fsp3) is 0.385. The third-order valence-electron chi connectivity index (χ3n) is 2.60. The van der Waals surface area contributed by atoms with Gasteiger partial charge in [-0.25, -0.2) is 4.79 Å². The lowest BCUT2D eigenvalue weighted by molar-refractivity contribution is -0.385. The standard InChI is InChI=1S/C13H15NO6/c1-2-3-6-20-10-4-5-11(14(18)19)9(7-10)8-12(15)13(16)17/h4-5,7H,2-3,6,8H2,1H3,(H,16,17). The molecule has 7 nitrogen and oxygen atoms in total.